The van der Waals surface area contributed by atoms with Gasteiger partial charge in [-0.25, -0.2) is 4.98 Å². The topological polar surface area (TPSA) is 88.2 Å². The van der Waals surface area contributed by atoms with Gasteiger partial charge in [0.25, 0.3) is 0 Å². The summed E-state index contributed by atoms with van der Waals surface area (Å²) in [6, 6.07) is 7.34. The fourth-order valence-electron chi connectivity index (χ4n) is 2.96. The molecule has 3 rings (SSSR count). The van der Waals surface area contributed by atoms with Gasteiger partial charge in [0, 0.05) is 17.0 Å². The Morgan fingerprint density at radius 1 is 1.37 bits per heavy atom. The maximum Gasteiger partial charge on any atom is 0.248 e. The van der Waals surface area contributed by atoms with E-state index in [9.17, 15) is 9.90 Å². The zero-order valence-corrected chi connectivity index (χ0v) is 16.6. The van der Waals surface area contributed by atoms with Crippen LogP contribution in [0.4, 0.5) is 0 Å². The first-order chi connectivity index (χ1) is 13.0. The Kier molecular flexibility index (Phi) is 6.44. The first kappa shape index (κ1) is 19.8. The number of aryl methyl sites for hydroxylation is 1. The van der Waals surface area contributed by atoms with E-state index in [0.29, 0.717) is 30.0 Å². The number of carbonyl (C=O) groups excluding carboxylic acids is 1. The van der Waals surface area contributed by atoms with E-state index >= 15 is 0 Å². The van der Waals surface area contributed by atoms with Gasteiger partial charge in [-0.2, -0.15) is 0 Å². The molecule has 4 N–H and O–H groups in total. The largest absolute Gasteiger partial charge is 0.391 e. The summed E-state index contributed by atoms with van der Waals surface area (Å²) in [7, 11) is 0. The lowest BCUT2D eigenvalue weighted by molar-refractivity contribution is -0.118. The van der Waals surface area contributed by atoms with Gasteiger partial charge in [0.05, 0.1) is 23.2 Å². The first-order valence-corrected chi connectivity index (χ1v) is 9.95. The summed E-state index contributed by atoms with van der Waals surface area (Å²) in [5.74, 6) is -0.118. The summed E-state index contributed by atoms with van der Waals surface area (Å²) in [6.45, 7) is 2.24. The molecule has 0 spiro atoms. The lowest BCUT2D eigenvalue weighted by Gasteiger charge is -2.16. The van der Waals surface area contributed by atoms with Gasteiger partial charge in [-0.05, 0) is 43.2 Å². The third kappa shape index (κ3) is 4.65. The molecular formula is C20H22ClN3O2S. The van der Waals surface area contributed by atoms with Gasteiger partial charge in [-0.1, -0.05) is 35.9 Å². The summed E-state index contributed by atoms with van der Waals surface area (Å²) >= 11 is 7.35. The molecule has 1 atom stereocenters. The summed E-state index contributed by atoms with van der Waals surface area (Å²) in [4.78, 5) is 18.1. The van der Waals surface area contributed by atoms with Gasteiger partial charge >= 0.3 is 0 Å². The second-order valence-electron chi connectivity index (χ2n) is 6.39. The summed E-state index contributed by atoms with van der Waals surface area (Å²) < 4.78 is 0. The van der Waals surface area contributed by atoms with Crippen molar-refractivity contribution in [2.75, 3.05) is 6.54 Å². The number of amides is 1. The Balaban J connectivity index is 1.67. The number of hydrogen-bond acceptors (Lipinski definition) is 5. The smallest absolute Gasteiger partial charge is 0.248 e. The van der Waals surface area contributed by atoms with Crippen LogP contribution in [0.15, 0.2) is 42.0 Å². The van der Waals surface area contributed by atoms with Crippen molar-refractivity contribution < 1.29 is 9.90 Å². The molecule has 0 aliphatic heterocycles. The Labute approximate surface area is 167 Å². The van der Waals surface area contributed by atoms with Crippen LogP contribution in [-0.4, -0.2) is 22.5 Å². The zero-order chi connectivity index (χ0) is 19.4. The van der Waals surface area contributed by atoms with Gasteiger partial charge in [0.1, 0.15) is 5.01 Å². The molecule has 7 heteroatoms. The maximum atomic E-state index is 12.7. The number of aliphatic hydroxyl groups is 1. The predicted octanol–water partition coefficient (Wildman–Crippen LogP) is 3.52. The van der Waals surface area contributed by atoms with E-state index < -0.39 is 0 Å². The molecule has 27 heavy (non-hydrogen) atoms. The number of aliphatic hydroxyl groups excluding tert-OH is 1. The highest BCUT2D eigenvalue weighted by molar-refractivity contribution is 7.11. The van der Waals surface area contributed by atoms with Crippen molar-refractivity contribution in [2.24, 2.45) is 5.73 Å². The Bertz CT molecular complexity index is 887. The zero-order valence-electron chi connectivity index (χ0n) is 15.0. The molecule has 0 saturated carbocycles. The summed E-state index contributed by atoms with van der Waals surface area (Å²) in [6.07, 6.45) is 4.98. The summed E-state index contributed by atoms with van der Waals surface area (Å²) in [5.41, 5.74) is 9.36. The molecule has 142 valence electrons. The number of allylic oxidation sites excluding steroid dienone is 3. The molecule has 0 radical (unpaired) electrons. The SMILES string of the molecule is Cc1nc(C(CCN)NC(=O)C2=CC=C(c3ccc(Cl)cc3)C2)sc1CO. The van der Waals surface area contributed by atoms with Crippen molar-refractivity contribution in [2.45, 2.75) is 32.4 Å². The second kappa shape index (κ2) is 8.80. The number of hydrogen-bond donors (Lipinski definition) is 3. The Morgan fingerprint density at radius 3 is 2.74 bits per heavy atom. The minimum Gasteiger partial charge on any atom is -0.391 e. The van der Waals surface area contributed by atoms with E-state index in [2.05, 4.69) is 10.3 Å². The molecule has 1 aliphatic carbocycles. The van der Waals surface area contributed by atoms with E-state index in [-0.39, 0.29) is 18.6 Å². The van der Waals surface area contributed by atoms with Gasteiger partial charge in [0.15, 0.2) is 0 Å². The minimum atomic E-state index is -0.257. The molecule has 5 nitrogen and oxygen atoms in total. The molecule has 1 heterocycles. The van der Waals surface area contributed by atoms with E-state index in [1.807, 2.05) is 43.3 Å². The van der Waals surface area contributed by atoms with Crippen molar-refractivity contribution in [1.82, 2.24) is 10.3 Å². The number of nitrogens with one attached hydrogen (secondary N) is 1. The maximum absolute atomic E-state index is 12.7. The van der Waals surface area contributed by atoms with Crippen LogP contribution in [0.5, 0.6) is 0 Å². The van der Waals surface area contributed by atoms with Crippen LogP contribution in [-0.2, 0) is 11.4 Å². The fourth-order valence-corrected chi connectivity index (χ4v) is 4.10. The highest BCUT2D eigenvalue weighted by Gasteiger charge is 2.23. The molecule has 0 fully saturated rings. The normalized spacial score (nSPS) is 14.7. The molecule has 1 aromatic heterocycles. The number of aromatic nitrogens is 1. The van der Waals surface area contributed by atoms with Crippen LogP contribution in [0.2, 0.25) is 5.02 Å². The lowest BCUT2D eigenvalue weighted by Crippen LogP contribution is -2.31. The van der Waals surface area contributed by atoms with E-state index in [1.54, 1.807) is 0 Å². The van der Waals surface area contributed by atoms with Crippen LogP contribution in [0.3, 0.4) is 0 Å². The van der Waals surface area contributed by atoms with Crippen molar-refractivity contribution in [3.8, 4) is 0 Å². The molecule has 1 amide bonds. The third-order valence-electron chi connectivity index (χ3n) is 4.48. The first-order valence-electron chi connectivity index (χ1n) is 8.75. The molecule has 1 unspecified atom stereocenters. The molecule has 2 aromatic rings. The van der Waals surface area contributed by atoms with Gasteiger partial charge in [-0.3, -0.25) is 4.79 Å². The van der Waals surface area contributed by atoms with E-state index in [0.717, 1.165) is 26.7 Å². The average Bonchev–Trinajstić information content (AvgIpc) is 3.29. The molecule has 1 aliphatic rings. The quantitative estimate of drug-likeness (QED) is 0.660. The number of halogens is 1. The standard InChI is InChI=1S/C20H22ClN3O2S/c1-12-18(11-25)27-20(23-12)17(8-9-22)24-19(26)15-3-2-14(10-15)13-4-6-16(21)7-5-13/h2-7,17,25H,8-11,22H2,1H3,(H,24,26). The number of rotatable bonds is 7. The molecular weight excluding hydrogens is 382 g/mol. The minimum absolute atomic E-state index is 0.0493. The van der Waals surface area contributed by atoms with Crippen LogP contribution < -0.4 is 11.1 Å². The predicted molar refractivity (Wildman–Crippen MR) is 109 cm³/mol. The van der Waals surface area contributed by atoms with Crippen LogP contribution in [0, 0.1) is 6.92 Å². The van der Waals surface area contributed by atoms with Gasteiger partial charge < -0.3 is 16.2 Å². The molecule has 0 bridgehead atoms. The Hall–Kier alpha value is -1.99. The van der Waals surface area contributed by atoms with Crippen molar-refractivity contribution in [3.63, 3.8) is 0 Å². The van der Waals surface area contributed by atoms with Crippen LogP contribution in [0.25, 0.3) is 5.57 Å². The van der Waals surface area contributed by atoms with E-state index in [1.165, 1.54) is 11.3 Å². The van der Waals surface area contributed by atoms with Gasteiger partial charge in [0.2, 0.25) is 5.91 Å². The second-order valence-corrected chi connectivity index (χ2v) is 7.94. The fraction of sp³-hybridized carbons (Fsp3) is 0.300. The Morgan fingerprint density at radius 2 is 2.11 bits per heavy atom. The van der Waals surface area contributed by atoms with Gasteiger partial charge in [-0.15, -0.1) is 11.3 Å². The van der Waals surface area contributed by atoms with Crippen molar-refractivity contribution in [3.05, 3.63) is 68.2 Å². The van der Waals surface area contributed by atoms with Crippen LogP contribution >= 0.6 is 22.9 Å². The monoisotopic (exact) mass is 403 g/mol. The van der Waals surface area contributed by atoms with Crippen molar-refractivity contribution in [1.29, 1.82) is 0 Å². The lowest BCUT2D eigenvalue weighted by atomic mass is 10.0. The highest BCUT2D eigenvalue weighted by Crippen LogP contribution is 2.30. The van der Waals surface area contributed by atoms with Crippen LogP contribution in [0.1, 0.15) is 40.0 Å². The molecule has 0 saturated heterocycles. The number of nitrogens with two attached hydrogens (primary N) is 1. The number of carbonyl (C=O) groups is 1. The number of thiazole rings is 1. The number of benzene rings is 1. The summed E-state index contributed by atoms with van der Waals surface area (Å²) in [5, 5.41) is 13.9. The third-order valence-corrected chi connectivity index (χ3v) is 5.99. The number of nitrogens with zero attached hydrogens (tertiary/aromatic N) is 1. The highest BCUT2D eigenvalue weighted by atomic mass is 35.5. The van der Waals surface area contributed by atoms with E-state index in [4.69, 9.17) is 17.3 Å². The van der Waals surface area contributed by atoms with Crippen molar-refractivity contribution >= 4 is 34.4 Å². The molecule has 1 aromatic carbocycles. The average molecular weight is 404 g/mol.